The van der Waals surface area contributed by atoms with E-state index in [0.717, 1.165) is 0 Å². The maximum absolute atomic E-state index is 10.9. The molecule has 0 aliphatic heterocycles. The summed E-state index contributed by atoms with van der Waals surface area (Å²) in [6.45, 7) is 4.58. The summed E-state index contributed by atoms with van der Waals surface area (Å²) in [5.41, 5.74) is 1.65. The van der Waals surface area contributed by atoms with E-state index in [1.54, 1.807) is 8.87 Å². The molecule has 35 heavy (non-hydrogen) atoms. The quantitative estimate of drug-likeness (QED) is 0.101. The van der Waals surface area contributed by atoms with Gasteiger partial charge in [-0.25, -0.2) is 11.0 Å². The molecule has 0 saturated heterocycles. The summed E-state index contributed by atoms with van der Waals surface area (Å²) in [6.07, 6.45) is 5.84. The second-order valence-electron chi connectivity index (χ2n) is 6.89. The van der Waals surface area contributed by atoms with Crippen LogP contribution in [0.5, 0.6) is 0 Å². The Morgan fingerprint density at radius 2 is 1.11 bits per heavy atom. The molecule has 12 nitrogen and oxygen atoms in total. The minimum absolute atomic E-state index is 0.149. The molecule has 2 radical (unpaired) electrons. The zero-order valence-electron chi connectivity index (χ0n) is 19.6. The van der Waals surface area contributed by atoms with Gasteiger partial charge < -0.3 is 0 Å². The fourth-order valence-electron chi connectivity index (χ4n) is 2.50. The van der Waals surface area contributed by atoms with E-state index in [4.69, 9.17) is 10.4 Å². The van der Waals surface area contributed by atoms with Crippen molar-refractivity contribution in [3.8, 4) is 0 Å². The van der Waals surface area contributed by atoms with Crippen LogP contribution in [0.1, 0.15) is 60.2 Å². The predicted molar refractivity (Wildman–Crippen MR) is 130 cm³/mol. The first-order valence-corrected chi connectivity index (χ1v) is 14.8. The molecule has 0 bridgehead atoms. The van der Waals surface area contributed by atoms with Gasteiger partial charge >= 0.3 is 69.5 Å². The van der Waals surface area contributed by atoms with Gasteiger partial charge in [-0.2, -0.15) is 0 Å². The first-order chi connectivity index (χ1) is 16.7. The Balaban J connectivity index is 0.000000506. The van der Waals surface area contributed by atoms with E-state index in [2.05, 4.69) is 13.8 Å². The van der Waals surface area contributed by atoms with E-state index in [1.165, 1.54) is 85.2 Å². The number of hydrogen-bond donors (Lipinski definition) is 4. The minimum atomic E-state index is -0.896. The van der Waals surface area contributed by atoms with Crippen LogP contribution in [0.2, 0.25) is 8.87 Å². The van der Waals surface area contributed by atoms with Crippen LogP contribution >= 0.6 is 0 Å². The Kier molecular flexibility index (Phi) is 17.5. The van der Waals surface area contributed by atoms with E-state index in [9.17, 15) is 29.8 Å². The number of hydroxylamine groups is 2. The van der Waals surface area contributed by atoms with Crippen LogP contribution in [-0.2, 0) is 0 Å². The number of nitro groups is 2. The summed E-state index contributed by atoms with van der Waals surface area (Å²) < 4.78 is 3.25. The molecule has 0 aliphatic carbocycles. The third-order valence-electron chi connectivity index (χ3n) is 4.31. The largest absolute Gasteiger partial charge is 0.288 e. The van der Waals surface area contributed by atoms with E-state index < -0.39 is 21.7 Å². The van der Waals surface area contributed by atoms with Crippen LogP contribution in [0.3, 0.4) is 0 Å². The van der Waals surface area contributed by atoms with Gasteiger partial charge in [-0.15, -0.1) is 0 Å². The Morgan fingerprint density at radius 1 is 0.771 bits per heavy atom. The molecule has 0 aliphatic rings. The van der Waals surface area contributed by atoms with Gasteiger partial charge in [-0.1, -0.05) is 24.3 Å². The Bertz CT molecular complexity index is 883. The summed E-state index contributed by atoms with van der Waals surface area (Å²) in [5.74, 6) is -1.79. The number of nitrogens with one attached hydrogen (secondary N) is 2. The maximum Gasteiger partial charge on any atom is 0.282 e. The van der Waals surface area contributed by atoms with E-state index >= 15 is 0 Å². The number of carbonyl (C=O) groups is 2. The van der Waals surface area contributed by atoms with Gasteiger partial charge in [0, 0.05) is 12.1 Å². The Hall–Kier alpha value is -3.10. The number of hydrogen-bond acceptors (Lipinski definition) is 8. The molecule has 190 valence electrons. The van der Waals surface area contributed by atoms with Crippen molar-refractivity contribution >= 4 is 44.3 Å². The predicted octanol–water partition coefficient (Wildman–Crippen LogP) is 4.56. The van der Waals surface area contributed by atoms with Crippen molar-refractivity contribution in [2.75, 3.05) is 0 Å². The smallest absolute Gasteiger partial charge is 0.282 e. The number of amides is 2. The van der Waals surface area contributed by atoms with Crippen LogP contribution < -0.4 is 11.0 Å². The van der Waals surface area contributed by atoms with Crippen molar-refractivity contribution < 1.29 is 29.9 Å². The molecule has 4 N–H and O–H groups in total. The van der Waals surface area contributed by atoms with Gasteiger partial charge in [0.25, 0.3) is 23.2 Å². The molecule has 2 rings (SSSR count). The van der Waals surface area contributed by atoms with Crippen LogP contribution in [0.15, 0.2) is 48.5 Å². The second-order valence-corrected chi connectivity index (χ2v) is 11.2. The molecule has 13 heteroatoms. The zero-order valence-corrected chi connectivity index (χ0v) is 22.5. The van der Waals surface area contributed by atoms with Crippen molar-refractivity contribution in [2.45, 2.75) is 48.4 Å². The standard InChI is InChI=1S/2C7H6N2O4.2C4H9.Sn/c2*10-7(8-11)5-3-1-2-4-6(5)9(12)13;2*1-3-4-2;/h2*1-4,11H,(H,8,10);2*1,3-4H2,2H3;. The molecule has 0 aromatic heterocycles. The third-order valence-corrected chi connectivity index (χ3v) is 8.34. The number of benzene rings is 2. The number of carbonyl (C=O) groups excluding carboxylic acids is 2. The summed E-state index contributed by atoms with van der Waals surface area (Å²) in [6, 6.07) is 10.7. The topological polar surface area (TPSA) is 185 Å². The molecular weight excluding hydrogens is 567 g/mol. The molecular formula is C22H30N4O8Sn. The number of unbranched alkanes of at least 4 members (excludes halogenated alkanes) is 2. The number of rotatable bonds is 10. The fraction of sp³-hybridized carbons (Fsp3) is 0.364. The Morgan fingerprint density at radius 3 is 1.40 bits per heavy atom. The number of nitro benzene ring substituents is 2. The van der Waals surface area contributed by atoms with Gasteiger partial charge in [-0.05, 0) is 12.1 Å². The molecule has 0 saturated carbocycles. The van der Waals surface area contributed by atoms with Gasteiger partial charge in [0.05, 0.1) is 9.85 Å². The van der Waals surface area contributed by atoms with Gasteiger partial charge in [0.1, 0.15) is 11.1 Å². The fourth-order valence-corrected chi connectivity index (χ4v) is 6.66. The molecule has 0 atom stereocenters. The van der Waals surface area contributed by atoms with Crippen molar-refractivity contribution in [3.05, 3.63) is 79.9 Å². The number of para-hydroxylation sites is 2. The van der Waals surface area contributed by atoms with Crippen molar-refractivity contribution in [2.24, 2.45) is 0 Å². The second kappa shape index (κ2) is 19.2. The average Bonchev–Trinajstić information content (AvgIpc) is 2.88. The van der Waals surface area contributed by atoms with Crippen molar-refractivity contribution in [1.82, 2.24) is 11.0 Å². The molecule has 0 fully saturated rings. The zero-order chi connectivity index (χ0) is 26.6. The van der Waals surface area contributed by atoms with Crippen LogP contribution in [-0.4, -0.2) is 53.2 Å². The summed E-state index contributed by atoms with van der Waals surface area (Å²) in [4.78, 5) is 41.1. The van der Waals surface area contributed by atoms with Gasteiger partial charge in [-0.3, -0.25) is 40.2 Å². The van der Waals surface area contributed by atoms with Crippen LogP contribution in [0.25, 0.3) is 0 Å². The molecule has 0 unspecified atom stereocenters. The summed E-state index contributed by atoms with van der Waals surface area (Å²) in [5, 5.41) is 37.3. The minimum Gasteiger partial charge on any atom is -0.288 e. The SMILES string of the molecule is CCC[CH2][Sn][CH2]CCC.O=C(NO)c1ccccc1[N+](=O)[O-].O=C(NO)c1ccccc1[N+](=O)[O-]. The summed E-state index contributed by atoms with van der Waals surface area (Å²) >= 11 is 0.149. The van der Waals surface area contributed by atoms with Crippen molar-refractivity contribution in [3.63, 3.8) is 0 Å². The first-order valence-electron chi connectivity index (χ1n) is 10.8. The van der Waals surface area contributed by atoms with Crippen LogP contribution in [0, 0.1) is 20.2 Å². The van der Waals surface area contributed by atoms with Crippen LogP contribution in [0.4, 0.5) is 11.4 Å². The van der Waals surface area contributed by atoms with Crippen molar-refractivity contribution in [1.29, 1.82) is 0 Å². The van der Waals surface area contributed by atoms with E-state index in [0.29, 0.717) is 0 Å². The number of nitrogens with zero attached hydrogens (tertiary/aromatic N) is 2. The molecule has 2 aromatic rings. The molecule has 2 aromatic carbocycles. The normalized spacial score (nSPS) is 9.49. The van der Waals surface area contributed by atoms with E-state index in [-0.39, 0.29) is 43.6 Å². The average molecular weight is 597 g/mol. The maximum atomic E-state index is 10.9. The molecule has 0 heterocycles. The molecule has 0 spiro atoms. The summed E-state index contributed by atoms with van der Waals surface area (Å²) in [7, 11) is 0. The monoisotopic (exact) mass is 598 g/mol. The first kappa shape index (κ1) is 31.9. The van der Waals surface area contributed by atoms with Gasteiger partial charge in [0.15, 0.2) is 0 Å². The Labute approximate surface area is 213 Å². The van der Waals surface area contributed by atoms with Gasteiger partial charge in [0.2, 0.25) is 0 Å². The van der Waals surface area contributed by atoms with E-state index in [1.807, 2.05) is 0 Å². The molecule has 2 amide bonds. The third kappa shape index (κ3) is 12.8.